The number of nitrogens with one attached hydrogen (secondary N) is 8. The van der Waals surface area contributed by atoms with Crippen LogP contribution >= 0.6 is 11.3 Å². The van der Waals surface area contributed by atoms with E-state index in [2.05, 4.69) is 56.1 Å². The van der Waals surface area contributed by atoms with Crippen LogP contribution in [0, 0.1) is 5.92 Å². The molecule has 0 atom stereocenters. The first-order chi connectivity index (χ1) is 32.0. The summed E-state index contributed by atoms with van der Waals surface area (Å²) in [5.74, 6) is 0.549. The predicted octanol–water partition coefficient (Wildman–Crippen LogP) is 6.45. The number of aromatic nitrogens is 10. The zero-order valence-electron chi connectivity index (χ0n) is 45.1. The zero-order chi connectivity index (χ0) is 55.2. The van der Waals surface area contributed by atoms with Crippen molar-refractivity contribution < 1.29 is 29.4 Å². The molecule has 0 aliphatic carbocycles. The lowest BCUT2D eigenvalue weighted by molar-refractivity contribution is -0.124. The molecule has 7 rings (SSSR count). The fourth-order valence-electron chi connectivity index (χ4n) is 5.38. The minimum Gasteiger partial charge on any atom is -0.504 e. The molecule has 0 unspecified atom stereocenters. The molecule has 22 nitrogen and oxygen atoms in total. The number of imide groups is 2. The third kappa shape index (κ3) is 22.2. The maximum absolute atomic E-state index is 11.0. The van der Waals surface area contributed by atoms with Gasteiger partial charge < -0.3 is 30.1 Å². The highest BCUT2D eigenvalue weighted by Crippen LogP contribution is 2.27. The molecule has 396 valence electrons. The van der Waals surface area contributed by atoms with E-state index < -0.39 is 0 Å². The predicted molar refractivity (Wildman–Crippen MR) is 276 cm³/mol. The van der Waals surface area contributed by atoms with E-state index in [1.807, 2.05) is 138 Å². The quantitative estimate of drug-likeness (QED) is 0.0640. The molecule has 0 bridgehead atoms. The Labute approximate surface area is 419 Å². The largest absolute Gasteiger partial charge is 0.504 e. The van der Waals surface area contributed by atoms with E-state index in [9.17, 15) is 38.7 Å². The Morgan fingerprint density at radius 3 is 1.49 bits per heavy atom. The van der Waals surface area contributed by atoms with E-state index in [-0.39, 0.29) is 96.7 Å². The SMILES string of the molecule is CC(C)(C)N1CC(=O)NC1=O.CC(C)(C)c1[nH]ncc1O.CC(C)(C)c1c[nH]c(=O)[nH]1.CC(C)(C)c1n[nH]c(=O)s1.CC(C)(C)c1ncc(O)[nH]1.CC(C)(C)n1ccc(=O)[nH]1.CC(C)C1=CC(=O)NC1=O. The lowest BCUT2D eigenvalue weighted by Gasteiger charge is -2.29. The molecule has 0 radical (unpaired) electrons. The van der Waals surface area contributed by atoms with Crippen molar-refractivity contribution in [1.29, 1.82) is 0 Å². The summed E-state index contributed by atoms with van der Waals surface area (Å²) < 4.78 is 1.79. The van der Waals surface area contributed by atoms with Gasteiger partial charge in [0.2, 0.25) is 11.8 Å². The Balaban J connectivity index is 0.000000414. The minimum atomic E-state index is -0.297. The number of aromatic hydroxyl groups is 2. The van der Waals surface area contributed by atoms with Crippen LogP contribution in [0.25, 0.3) is 0 Å². The van der Waals surface area contributed by atoms with Crippen LogP contribution in [-0.2, 0) is 41.6 Å². The monoisotopic (exact) mass is 1010 g/mol. The molecule has 2 aliphatic heterocycles. The number of hydrogen-bond donors (Lipinski definition) is 10. The van der Waals surface area contributed by atoms with E-state index in [0.717, 1.165) is 22.2 Å². The van der Waals surface area contributed by atoms with Crippen LogP contribution in [0.4, 0.5) is 4.79 Å². The van der Waals surface area contributed by atoms with Gasteiger partial charge in [-0.25, -0.2) is 19.7 Å². The molecule has 1 fully saturated rings. The van der Waals surface area contributed by atoms with E-state index in [4.69, 9.17) is 5.11 Å². The van der Waals surface area contributed by atoms with Gasteiger partial charge in [0, 0.05) is 63.0 Å². The number of hydrogen-bond acceptors (Lipinski definition) is 13. The normalized spacial score (nSPS) is 13.8. The topological polar surface area (TPSA) is 326 Å². The van der Waals surface area contributed by atoms with Crippen molar-refractivity contribution in [3.63, 3.8) is 0 Å². The summed E-state index contributed by atoms with van der Waals surface area (Å²) in [6, 6.07) is 1.23. The number of urea groups is 1. The Hall–Kier alpha value is -6.78. The summed E-state index contributed by atoms with van der Waals surface area (Å²) in [6.07, 6.45) is 7.65. The standard InChI is InChI=1S/C7H12N2O2.4C7H12N2O.C7H9NO2.C6H10N2OS/c1-7(2,3)9-4-5(10)8-6(9)11;1-7(2,3)6-8-4-5(10)9-6;1-7(2,3)5-4-8-6(10)9-5;1-7(2,3)6-5(10)4-8-9-6;1-7(2,3)9-5-4-6(10)8-9;1-4(2)5-3-6(9)8-7(5)10;1-6(2,3)4-7-8-5(9)10-4/h4H2,1-3H3,(H,8,10,11);4,10H,1-3H3,(H,8,9);4H,1-3H3,(H2,8,9,10);4,10H,1-3H3,(H,8,9);4-5H,1-3H3,(H,8,10);3-4H,1-2H3,(H,8,9,10);1-3H3,(H,8,9). The summed E-state index contributed by atoms with van der Waals surface area (Å²) in [4.78, 5) is 88.5. The van der Waals surface area contributed by atoms with Crippen LogP contribution in [0.15, 0.2) is 56.9 Å². The average Bonchev–Trinajstić information content (AvgIpc) is 4.04. The van der Waals surface area contributed by atoms with Crippen molar-refractivity contribution >= 4 is 35.1 Å². The van der Waals surface area contributed by atoms with Crippen molar-refractivity contribution in [1.82, 2.24) is 65.6 Å². The van der Waals surface area contributed by atoms with Crippen LogP contribution in [0.5, 0.6) is 11.6 Å². The highest BCUT2D eigenvalue weighted by Gasteiger charge is 2.34. The average molecular weight is 1010 g/mol. The summed E-state index contributed by atoms with van der Waals surface area (Å²) in [5.41, 5.74) is 1.78. The molecule has 7 heterocycles. The Morgan fingerprint density at radius 2 is 1.30 bits per heavy atom. The van der Waals surface area contributed by atoms with Crippen molar-refractivity contribution in [3.8, 4) is 11.6 Å². The molecule has 5 aromatic heterocycles. The highest BCUT2D eigenvalue weighted by molar-refractivity contribution is 7.09. The number of nitrogens with zero attached hydrogens (tertiary/aromatic N) is 5. The number of H-pyrrole nitrogens is 6. The highest BCUT2D eigenvalue weighted by atomic mass is 32.1. The number of amides is 5. The molecule has 0 saturated carbocycles. The second kappa shape index (κ2) is 24.9. The molecule has 23 heteroatoms. The molecule has 0 spiro atoms. The molecule has 5 aromatic rings. The van der Waals surface area contributed by atoms with Gasteiger partial charge in [0.25, 0.3) is 17.4 Å². The maximum atomic E-state index is 11.0. The fraction of sp³-hybridized carbons (Fsp3) is 0.583. The van der Waals surface area contributed by atoms with Crippen molar-refractivity contribution in [2.24, 2.45) is 5.92 Å². The third-order valence-corrected chi connectivity index (χ3v) is 10.6. The Bertz CT molecular complexity index is 2560. The molecule has 1 saturated heterocycles. The first kappa shape index (κ1) is 62.2. The van der Waals surface area contributed by atoms with Gasteiger partial charge in [-0.05, 0) is 47.5 Å². The van der Waals surface area contributed by atoms with E-state index >= 15 is 0 Å². The van der Waals surface area contributed by atoms with Gasteiger partial charge in [-0.3, -0.25) is 49.5 Å². The lowest BCUT2D eigenvalue weighted by atomic mass is 9.92. The Morgan fingerprint density at radius 1 is 0.704 bits per heavy atom. The molecular weight excluding hydrogens is 935 g/mol. The molecule has 10 N–H and O–H groups in total. The van der Waals surface area contributed by atoms with Crippen molar-refractivity contribution in [3.05, 3.63) is 95.2 Å². The van der Waals surface area contributed by atoms with Crippen LogP contribution in [-0.4, -0.2) is 101 Å². The number of rotatable bonds is 1. The van der Waals surface area contributed by atoms with Gasteiger partial charge in [-0.15, -0.1) is 0 Å². The molecular formula is C48H79N13O9S. The molecule has 71 heavy (non-hydrogen) atoms. The minimum absolute atomic E-state index is 0.0101. The van der Waals surface area contributed by atoms with Gasteiger partial charge in [-0.1, -0.05) is 108 Å². The first-order valence-electron chi connectivity index (χ1n) is 22.8. The van der Waals surface area contributed by atoms with Gasteiger partial charge in [0.1, 0.15) is 17.4 Å². The van der Waals surface area contributed by atoms with Crippen molar-refractivity contribution in [2.45, 2.75) is 171 Å². The fourth-order valence-corrected chi connectivity index (χ4v) is 6.04. The number of imidazole rings is 2. The zero-order valence-corrected chi connectivity index (χ0v) is 46.0. The lowest BCUT2D eigenvalue weighted by Crippen LogP contribution is -2.43. The Kier molecular flexibility index (Phi) is 21.8. The van der Waals surface area contributed by atoms with E-state index in [0.29, 0.717) is 5.57 Å². The van der Waals surface area contributed by atoms with Crippen LogP contribution in [0.1, 0.15) is 161 Å². The molecule has 2 aliphatic rings. The van der Waals surface area contributed by atoms with Gasteiger partial charge in [-0.2, -0.15) is 10.2 Å². The molecule has 5 amide bonds. The third-order valence-electron chi connectivity index (χ3n) is 9.46. The van der Waals surface area contributed by atoms with Crippen LogP contribution in [0.3, 0.4) is 0 Å². The second-order valence-corrected chi connectivity index (χ2v) is 23.8. The summed E-state index contributed by atoms with van der Waals surface area (Å²) in [5, 5.41) is 38.7. The second-order valence-electron chi connectivity index (χ2n) is 22.8. The first-order valence-corrected chi connectivity index (χ1v) is 23.6. The van der Waals surface area contributed by atoms with Gasteiger partial charge in [0.05, 0.1) is 23.6 Å². The van der Waals surface area contributed by atoms with E-state index in [1.165, 1.54) is 40.8 Å². The van der Waals surface area contributed by atoms with Crippen LogP contribution < -0.4 is 26.8 Å². The van der Waals surface area contributed by atoms with Crippen LogP contribution in [0.2, 0.25) is 0 Å². The summed E-state index contributed by atoms with van der Waals surface area (Å²) in [6.45, 7) is 40.1. The maximum Gasteiger partial charge on any atom is 0.325 e. The van der Waals surface area contributed by atoms with E-state index in [1.54, 1.807) is 17.1 Å². The number of carbonyl (C=O) groups excluding carboxylic acids is 4. The smallest absolute Gasteiger partial charge is 0.325 e. The number of aromatic amines is 6. The van der Waals surface area contributed by atoms with Gasteiger partial charge in [0.15, 0.2) is 5.75 Å². The van der Waals surface area contributed by atoms with Crippen molar-refractivity contribution in [2.75, 3.05) is 6.54 Å². The summed E-state index contributed by atoms with van der Waals surface area (Å²) >= 11 is 1.17. The number of carbonyl (C=O) groups is 4. The molecule has 0 aromatic carbocycles. The van der Waals surface area contributed by atoms with Gasteiger partial charge >= 0.3 is 16.6 Å². The summed E-state index contributed by atoms with van der Waals surface area (Å²) in [7, 11) is 0.